The second-order valence-corrected chi connectivity index (χ2v) is 6.10. The monoisotopic (exact) mass is 352 g/mol. The van der Waals surface area contributed by atoms with Crippen molar-refractivity contribution in [2.75, 3.05) is 0 Å². The molecule has 0 saturated heterocycles. The minimum Gasteiger partial charge on any atom is -0.286 e. The van der Waals surface area contributed by atoms with Gasteiger partial charge in [-0.1, -0.05) is 35.3 Å². The van der Waals surface area contributed by atoms with Gasteiger partial charge >= 0.3 is 0 Å². The third kappa shape index (κ3) is 2.72. The van der Waals surface area contributed by atoms with Crippen molar-refractivity contribution in [1.82, 2.24) is 14.8 Å². The van der Waals surface area contributed by atoms with E-state index in [-0.39, 0.29) is 5.91 Å². The number of aryl methyl sites for hydroxylation is 1. The van der Waals surface area contributed by atoms with Gasteiger partial charge in [0.25, 0.3) is 5.91 Å². The SMILES string of the molecule is Cc1nc2sccn2c1C(=O)N/N=C\c1cccc(Cl)c1Cl. The molecule has 0 atom stereocenters. The fourth-order valence-electron chi connectivity index (χ4n) is 2.00. The first-order valence-electron chi connectivity index (χ1n) is 6.27. The van der Waals surface area contributed by atoms with E-state index in [1.807, 2.05) is 5.38 Å². The molecule has 2 aromatic heterocycles. The molecule has 8 heteroatoms. The molecule has 0 spiro atoms. The number of rotatable bonds is 3. The minimum absolute atomic E-state index is 0.335. The highest BCUT2D eigenvalue weighted by Crippen LogP contribution is 2.24. The molecule has 1 amide bonds. The molecule has 3 aromatic rings. The van der Waals surface area contributed by atoms with Gasteiger partial charge in [-0.2, -0.15) is 5.10 Å². The van der Waals surface area contributed by atoms with E-state index in [1.165, 1.54) is 17.6 Å². The molecular formula is C14H10Cl2N4OS. The van der Waals surface area contributed by atoms with Gasteiger partial charge in [0.15, 0.2) is 4.96 Å². The summed E-state index contributed by atoms with van der Waals surface area (Å²) in [5.74, 6) is -0.335. The van der Waals surface area contributed by atoms with E-state index in [9.17, 15) is 4.79 Å². The van der Waals surface area contributed by atoms with Gasteiger partial charge in [0, 0.05) is 17.1 Å². The Morgan fingerprint density at radius 3 is 3.09 bits per heavy atom. The number of thiazole rings is 1. The highest BCUT2D eigenvalue weighted by molar-refractivity contribution is 7.15. The number of hydrogen-bond acceptors (Lipinski definition) is 4. The Kier molecular flexibility index (Phi) is 4.15. The smallest absolute Gasteiger partial charge is 0.286 e. The van der Waals surface area contributed by atoms with Crippen LogP contribution >= 0.6 is 34.5 Å². The average molecular weight is 353 g/mol. The second kappa shape index (κ2) is 6.08. The van der Waals surface area contributed by atoms with E-state index >= 15 is 0 Å². The van der Waals surface area contributed by atoms with Gasteiger partial charge in [0.05, 0.1) is 22.0 Å². The minimum atomic E-state index is -0.335. The number of hydrazone groups is 1. The van der Waals surface area contributed by atoms with Crippen molar-refractivity contribution in [3.05, 3.63) is 56.8 Å². The van der Waals surface area contributed by atoms with Crippen molar-refractivity contribution in [3.8, 4) is 0 Å². The maximum absolute atomic E-state index is 12.2. The number of amides is 1. The molecule has 5 nitrogen and oxygen atoms in total. The first kappa shape index (κ1) is 15.0. The van der Waals surface area contributed by atoms with Crippen LogP contribution in [-0.4, -0.2) is 21.5 Å². The molecule has 1 N–H and O–H groups in total. The Hall–Kier alpha value is -1.89. The summed E-state index contributed by atoms with van der Waals surface area (Å²) in [6.07, 6.45) is 3.25. The number of carbonyl (C=O) groups excluding carboxylic acids is 1. The zero-order valence-electron chi connectivity index (χ0n) is 11.4. The van der Waals surface area contributed by atoms with Gasteiger partial charge in [-0.25, -0.2) is 10.4 Å². The number of nitrogens with one attached hydrogen (secondary N) is 1. The molecule has 0 bridgehead atoms. The number of fused-ring (bicyclic) bond motifs is 1. The third-order valence-corrected chi connectivity index (χ3v) is 4.59. The Morgan fingerprint density at radius 2 is 2.27 bits per heavy atom. The van der Waals surface area contributed by atoms with Gasteiger partial charge < -0.3 is 0 Å². The van der Waals surface area contributed by atoms with E-state index in [0.717, 1.165) is 4.96 Å². The summed E-state index contributed by atoms with van der Waals surface area (Å²) in [6, 6.07) is 5.20. The largest absolute Gasteiger partial charge is 0.290 e. The molecule has 0 radical (unpaired) electrons. The first-order chi connectivity index (χ1) is 10.6. The molecule has 0 aliphatic carbocycles. The Labute approximate surface area is 140 Å². The topological polar surface area (TPSA) is 58.8 Å². The summed E-state index contributed by atoms with van der Waals surface area (Å²) in [4.78, 5) is 17.3. The summed E-state index contributed by atoms with van der Waals surface area (Å²) < 4.78 is 1.73. The average Bonchev–Trinajstić information content (AvgIpc) is 3.03. The quantitative estimate of drug-likeness (QED) is 0.576. The van der Waals surface area contributed by atoms with Gasteiger partial charge in [-0.15, -0.1) is 11.3 Å². The normalized spacial score (nSPS) is 11.4. The van der Waals surface area contributed by atoms with Crippen LogP contribution in [0.3, 0.4) is 0 Å². The molecule has 0 unspecified atom stereocenters. The standard InChI is InChI=1S/C14H10Cl2N4OS/c1-8-12(20-5-6-22-14(20)18-8)13(21)19-17-7-9-3-2-4-10(15)11(9)16/h2-7H,1H3,(H,19,21)/b17-7-. The van der Waals surface area contributed by atoms with Gasteiger partial charge in [0.2, 0.25) is 0 Å². The summed E-state index contributed by atoms with van der Waals surface area (Å²) in [5, 5.41) is 6.62. The second-order valence-electron chi connectivity index (χ2n) is 4.44. The van der Waals surface area contributed by atoms with Crippen LogP contribution < -0.4 is 5.43 Å². The first-order valence-corrected chi connectivity index (χ1v) is 7.91. The highest BCUT2D eigenvalue weighted by Gasteiger charge is 2.16. The lowest BCUT2D eigenvalue weighted by molar-refractivity contribution is 0.0948. The van der Waals surface area contributed by atoms with Crippen LogP contribution in [0.4, 0.5) is 0 Å². The summed E-state index contributed by atoms with van der Waals surface area (Å²) in [7, 11) is 0. The number of carbonyl (C=O) groups is 1. The molecule has 22 heavy (non-hydrogen) atoms. The van der Waals surface area contributed by atoms with Crippen LogP contribution in [0.15, 0.2) is 34.9 Å². The number of imidazole rings is 1. The van der Waals surface area contributed by atoms with E-state index in [0.29, 0.717) is 27.0 Å². The van der Waals surface area contributed by atoms with Crippen LogP contribution in [0, 0.1) is 6.92 Å². The van der Waals surface area contributed by atoms with Gasteiger partial charge in [-0.05, 0) is 13.0 Å². The molecule has 0 saturated carbocycles. The number of benzene rings is 1. The van der Waals surface area contributed by atoms with Crippen LogP contribution in [0.2, 0.25) is 10.0 Å². The predicted octanol–water partition coefficient (Wildman–Crippen LogP) is 3.77. The highest BCUT2D eigenvalue weighted by atomic mass is 35.5. The van der Waals surface area contributed by atoms with E-state index in [4.69, 9.17) is 23.2 Å². The molecule has 1 aromatic carbocycles. The maximum Gasteiger partial charge on any atom is 0.290 e. The number of aromatic nitrogens is 2. The van der Waals surface area contributed by atoms with Crippen molar-refractivity contribution >= 4 is 51.6 Å². The van der Waals surface area contributed by atoms with Crippen molar-refractivity contribution < 1.29 is 4.79 Å². The van der Waals surface area contributed by atoms with E-state index < -0.39 is 0 Å². The lowest BCUT2D eigenvalue weighted by Gasteiger charge is -2.01. The zero-order valence-corrected chi connectivity index (χ0v) is 13.7. The summed E-state index contributed by atoms with van der Waals surface area (Å²) >= 11 is 13.4. The fourth-order valence-corrected chi connectivity index (χ4v) is 3.12. The molecule has 2 heterocycles. The Bertz CT molecular complexity index is 884. The third-order valence-electron chi connectivity index (χ3n) is 3.00. The fraction of sp³-hybridized carbons (Fsp3) is 0.0714. The molecular weight excluding hydrogens is 343 g/mol. The summed E-state index contributed by atoms with van der Waals surface area (Å²) in [6.45, 7) is 1.78. The Balaban J connectivity index is 1.80. The van der Waals surface area contributed by atoms with Crippen LogP contribution in [0.5, 0.6) is 0 Å². The number of hydrogen-bond donors (Lipinski definition) is 1. The van der Waals surface area contributed by atoms with Crippen molar-refractivity contribution in [2.24, 2.45) is 5.10 Å². The molecule has 0 fully saturated rings. The van der Waals surface area contributed by atoms with Crippen LogP contribution in [0.1, 0.15) is 21.7 Å². The van der Waals surface area contributed by atoms with Gasteiger partial charge in [-0.3, -0.25) is 9.20 Å². The van der Waals surface area contributed by atoms with Crippen molar-refractivity contribution in [3.63, 3.8) is 0 Å². The Morgan fingerprint density at radius 1 is 1.45 bits per heavy atom. The lowest BCUT2D eigenvalue weighted by atomic mass is 10.2. The predicted molar refractivity (Wildman–Crippen MR) is 89.3 cm³/mol. The molecule has 0 aliphatic rings. The van der Waals surface area contributed by atoms with Crippen molar-refractivity contribution in [2.45, 2.75) is 6.92 Å². The molecule has 0 aliphatic heterocycles. The number of nitrogens with zero attached hydrogens (tertiary/aromatic N) is 3. The van der Waals surface area contributed by atoms with Crippen LogP contribution in [-0.2, 0) is 0 Å². The van der Waals surface area contributed by atoms with Gasteiger partial charge in [0.1, 0.15) is 5.69 Å². The van der Waals surface area contributed by atoms with Crippen molar-refractivity contribution in [1.29, 1.82) is 0 Å². The zero-order chi connectivity index (χ0) is 15.7. The molecule has 3 rings (SSSR count). The van der Waals surface area contributed by atoms with E-state index in [2.05, 4.69) is 15.5 Å². The maximum atomic E-state index is 12.2. The lowest BCUT2D eigenvalue weighted by Crippen LogP contribution is -2.20. The van der Waals surface area contributed by atoms with Crippen LogP contribution in [0.25, 0.3) is 4.96 Å². The van der Waals surface area contributed by atoms with E-state index in [1.54, 1.807) is 35.7 Å². The number of halogens is 2. The molecule has 112 valence electrons. The summed E-state index contributed by atoms with van der Waals surface area (Å²) in [5.41, 5.74) is 4.22.